The van der Waals surface area contributed by atoms with Crippen molar-refractivity contribution < 1.29 is 4.74 Å². The topological polar surface area (TPSA) is 52.8 Å². The molecule has 0 aliphatic heterocycles. The molecule has 31 heavy (non-hydrogen) atoms. The normalized spacial score (nSPS) is 13.5. The van der Waals surface area contributed by atoms with E-state index in [0.29, 0.717) is 17.5 Å². The zero-order chi connectivity index (χ0) is 21.0. The van der Waals surface area contributed by atoms with Crippen LogP contribution < -0.4 is 4.74 Å². The molecule has 0 unspecified atom stereocenters. The summed E-state index contributed by atoms with van der Waals surface area (Å²) >= 11 is 9.23. The Kier molecular flexibility index (Phi) is 6.25. The van der Waals surface area contributed by atoms with Gasteiger partial charge in [-0.3, -0.25) is 0 Å². The van der Waals surface area contributed by atoms with Crippen LogP contribution in [0.3, 0.4) is 0 Å². The molecule has 4 aromatic rings. The summed E-state index contributed by atoms with van der Waals surface area (Å²) in [7, 11) is 0. The minimum Gasteiger partial charge on any atom is -0.486 e. The van der Waals surface area contributed by atoms with Crippen LogP contribution in [0, 0.1) is 0 Å². The highest BCUT2D eigenvalue weighted by atomic mass is 35.5. The molecule has 0 bridgehead atoms. The summed E-state index contributed by atoms with van der Waals surface area (Å²) < 4.78 is 8.07. The summed E-state index contributed by atoms with van der Waals surface area (Å²) in [5.41, 5.74) is 2.30. The van der Waals surface area contributed by atoms with Gasteiger partial charge in [0, 0.05) is 22.1 Å². The Balaban J connectivity index is 1.22. The SMILES string of the molecule is Clc1ccc(OCc2nc(CSc3nnc(C4CC4)n3Cc3ccccc3)cs2)cc1. The third-order valence-electron chi connectivity index (χ3n) is 5.00. The lowest BCUT2D eigenvalue weighted by Gasteiger charge is -2.09. The van der Waals surface area contributed by atoms with E-state index in [9.17, 15) is 0 Å². The first-order valence-electron chi connectivity index (χ1n) is 10.2. The molecule has 2 heterocycles. The number of rotatable bonds is 9. The molecular formula is C23H21ClN4OS2. The molecule has 0 spiro atoms. The van der Waals surface area contributed by atoms with Crippen molar-refractivity contribution in [3.8, 4) is 5.75 Å². The predicted molar refractivity (Wildman–Crippen MR) is 125 cm³/mol. The maximum absolute atomic E-state index is 5.92. The Labute approximate surface area is 194 Å². The van der Waals surface area contributed by atoms with Crippen LogP contribution in [-0.4, -0.2) is 19.7 Å². The first kappa shape index (κ1) is 20.5. The molecule has 158 valence electrons. The van der Waals surface area contributed by atoms with Gasteiger partial charge in [-0.25, -0.2) is 4.98 Å². The Hall–Kier alpha value is -2.35. The lowest BCUT2D eigenvalue weighted by Crippen LogP contribution is -2.06. The van der Waals surface area contributed by atoms with Crippen molar-refractivity contribution in [1.29, 1.82) is 0 Å². The summed E-state index contributed by atoms with van der Waals surface area (Å²) in [5, 5.41) is 13.7. The van der Waals surface area contributed by atoms with Crippen molar-refractivity contribution in [2.45, 2.75) is 42.8 Å². The molecule has 0 saturated heterocycles. The van der Waals surface area contributed by atoms with E-state index in [1.807, 2.05) is 30.3 Å². The summed E-state index contributed by atoms with van der Waals surface area (Å²) in [4.78, 5) is 4.72. The van der Waals surface area contributed by atoms with Crippen LogP contribution in [0.4, 0.5) is 0 Å². The minimum atomic E-state index is 0.451. The van der Waals surface area contributed by atoms with Crippen LogP contribution in [-0.2, 0) is 18.9 Å². The summed E-state index contributed by atoms with van der Waals surface area (Å²) in [6.07, 6.45) is 2.42. The molecule has 0 radical (unpaired) electrons. The fourth-order valence-electron chi connectivity index (χ4n) is 3.26. The highest BCUT2D eigenvalue weighted by Crippen LogP contribution is 2.40. The molecule has 0 amide bonds. The third kappa shape index (κ3) is 5.29. The van der Waals surface area contributed by atoms with Crippen molar-refractivity contribution in [3.63, 3.8) is 0 Å². The van der Waals surface area contributed by atoms with Gasteiger partial charge < -0.3 is 9.30 Å². The highest BCUT2D eigenvalue weighted by Gasteiger charge is 2.30. The van der Waals surface area contributed by atoms with Crippen molar-refractivity contribution in [1.82, 2.24) is 19.7 Å². The number of thioether (sulfide) groups is 1. The Bertz CT molecular complexity index is 1140. The van der Waals surface area contributed by atoms with Gasteiger partial charge in [0.25, 0.3) is 0 Å². The Morgan fingerprint density at radius 3 is 2.65 bits per heavy atom. The second-order valence-corrected chi connectivity index (χ2v) is 9.77. The van der Waals surface area contributed by atoms with Gasteiger partial charge in [0.05, 0.1) is 12.2 Å². The second-order valence-electron chi connectivity index (χ2n) is 7.45. The average molecular weight is 469 g/mol. The monoisotopic (exact) mass is 468 g/mol. The second kappa shape index (κ2) is 9.42. The molecule has 2 aromatic carbocycles. The van der Waals surface area contributed by atoms with Crippen molar-refractivity contribution in [3.05, 3.63) is 87.1 Å². The van der Waals surface area contributed by atoms with Crippen LogP contribution in [0.2, 0.25) is 5.02 Å². The van der Waals surface area contributed by atoms with Gasteiger partial charge in [0.1, 0.15) is 23.2 Å². The van der Waals surface area contributed by atoms with Crippen LogP contribution in [0.1, 0.15) is 40.8 Å². The van der Waals surface area contributed by atoms with Gasteiger partial charge in [-0.2, -0.15) is 0 Å². The largest absolute Gasteiger partial charge is 0.486 e. The van der Waals surface area contributed by atoms with E-state index in [1.54, 1.807) is 23.1 Å². The quantitative estimate of drug-likeness (QED) is 0.274. The number of nitrogens with zero attached hydrogens (tertiary/aromatic N) is 4. The number of hydrogen-bond acceptors (Lipinski definition) is 6. The Morgan fingerprint density at radius 2 is 1.87 bits per heavy atom. The molecule has 1 aliphatic carbocycles. The van der Waals surface area contributed by atoms with Gasteiger partial charge in [-0.1, -0.05) is 53.7 Å². The van der Waals surface area contributed by atoms with Gasteiger partial charge in [-0.05, 0) is 42.7 Å². The predicted octanol–water partition coefficient (Wildman–Crippen LogP) is 6.19. The minimum absolute atomic E-state index is 0.451. The van der Waals surface area contributed by atoms with E-state index in [0.717, 1.165) is 39.7 Å². The van der Waals surface area contributed by atoms with E-state index in [4.69, 9.17) is 21.3 Å². The van der Waals surface area contributed by atoms with Crippen molar-refractivity contribution >= 4 is 34.7 Å². The molecule has 1 saturated carbocycles. The van der Waals surface area contributed by atoms with Crippen LogP contribution in [0.25, 0.3) is 0 Å². The van der Waals surface area contributed by atoms with E-state index in [-0.39, 0.29) is 0 Å². The smallest absolute Gasteiger partial charge is 0.191 e. The van der Waals surface area contributed by atoms with Crippen molar-refractivity contribution in [2.24, 2.45) is 0 Å². The zero-order valence-corrected chi connectivity index (χ0v) is 19.2. The molecular weight excluding hydrogens is 448 g/mol. The number of hydrogen-bond donors (Lipinski definition) is 0. The van der Waals surface area contributed by atoms with Crippen LogP contribution >= 0.6 is 34.7 Å². The molecule has 1 aliphatic rings. The average Bonchev–Trinajstić information content (AvgIpc) is 3.41. The molecule has 1 fully saturated rings. The molecule has 8 heteroatoms. The third-order valence-corrected chi connectivity index (χ3v) is 7.12. The van der Waals surface area contributed by atoms with E-state index < -0.39 is 0 Å². The molecule has 2 aromatic heterocycles. The summed E-state index contributed by atoms with van der Waals surface area (Å²) in [6, 6.07) is 17.9. The standard InChI is InChI=1S/C23H21ClN4OS2/c24-18-8-10-20(11-9-18)29-13-21-25-19(14-30-21)15-31-23-27-26-22(17-6-7-17)28(23)12-16-4-2-1-3-5-16/h1-5,8-11,14,17H,6-7,12-13,15H2. The fourth-order valence-corrected chi connectivity index (χ4v) is 5.03. The van der Waals surface area contributed by atoms with Gasteiger partial charge in [-0.15, -0.1) is 21.5 Å². The number of ether oxygens (including phenoxy) is 1. The van der Waals surface area contributed by atoms with E-state index in [1.165, 1.54) is 18.4 Å². The zero-order valence-electron chi connectivity index (χ0n) is 16.8. The summed E-state index contributed by atoms with van der Waals surface area (Å²) in [5.74, 6) is 3.22. The molecule has 0 atom stereocenters. The van der Waals surface area contributed by atoms with E-state index in [2.05, 4.69) is 44.4 Å². The van der Waals surface area contributed by atoms with Gasteiger partial charge in [0.2, 0.25) is 0 Å². The number of halogens is 1. The summed E-state index contributed by atoms with van der Waals surface area (Å²) in [6.45, 7) is 1.26. The lowest BCUT2D eigenvalue weighted by atomic mass is 10.2. The maximum Gasteiger partial charge on any atom is 0.191 e. The van der Waals surface area contributed by atoms with Crippen LogP contribution in [0.5, 0.6) is 5.75 Å². The maximum atomic E-state index is 5.92. The molecule has 0 N–H and O–H groups in total. The first-order chi connectivity index (χ1) is 15.2. The number of thiazole rings is 1. The Morgan fingerprint density at radius 1 is 1.06 bits per heavy atom. The highest BCUT2D eigenvalue weighted by molar-refractivity contribution is 7.98. The lowest BCUT2D eigenvalue weighted by molar-refractivity contribution is 0.305. The fraction of sp³-hybridized carbons (Fsp3) is 0.261. The van der Waals surface area contributed by atoms with Gasteiger partial charge in [0.15, 0.2) is 5.16 Å². The molecule has 5 nitrogen and oxygen atoms in total. The van der Waals surface area contributed by atoms with Crippen LogP contribution in [0.15, 0.2) is 65.1 Å². The van der Waals surface area contributed by atoms with Gasteiger partial charge >= 0.3 is 0 Å². The first-order valence-corrected chi connectivity index (χ1v) is 12.4. The molecule has 5 rings (SSSR count). The van der Waals surface area contributed by atoms with E-state index >= 15 is 0 Å². The number of benzene rings is 2. The van der Waals surface area contributed by atoms with Crippen molar-refractivity contribution in [2.75, 3.05) is 0 Å². The number of aromatic nitrogens is 4.